The van der Waals surface area contributed by atoms with Gasteiger partial charge in [-0.25, -0.2) is 0 Å². The van der Waals surface area contributed by atoms with Crippen molar-refractivity contribution in [2.24, 2.45) is 11.1 Å². The van der Waals surface area contributed by atoms with Crippen LogP contribution in [0.2, 0.25) is 0 Å². The Morgan fingerprint density at radius 3 is 2.09 bits per heavy atom. The Balaban J connectivity index is 2.68. The third-order valence-electron chi connectivity index (χ3n) is 2.46. The lowest BCUT2D eigenvalue weighted by Crippen LogP contribution is -2.36. The fourth-order valence-corrected chi connectivity index (χ4v) is 1.33. The zero-order valence-corrected chi connectivity index (χ0v) is 8.07. The van der Waals surface area contributed by atoms with Gasteiger partial charge < -0.3 is 5.73 Å². The molecule has 0 amide bonds. The summed E-state index contributed by atoms with van der Waals surface area (Å²) in [6.45, 7) is 8.77. The highest BCUT2D eigenvalue weighted by Crippen LogP contribution is 2.35. The topological polar surface area (TPSA) is 26.0 Å². The minimum atomic E-state index is 0.222. The van der Waals surface area contributed by atoms with E-state index in [1.54, 1.807) is 5.57 Å². The minimum absolute atomic E-state index is 0.222. The summed E-state index contributed by atoms with van der Waals surface area (Å²) in [5, 5.41) is 0. The van der Waals surface area contributed by atoms with Crippen LogP contribution in [0.3, 0.4) is 0 Å². The van der Waals surface area contributed by atoms with E-state index in [-0.39, 0.29) is 11.5 Å². The molecule has 0 aromatic heterocycles. The van der Waals surface area contributed by atoms with Crippen LogP contribution in [0.5, 0.6) is 0 Å². The van der Waals surface area contributed by atoms with Crippen molar-refractivity contribution in [2.75, 3.05) is 0 Å². The maximum absolute atomic E-state index is 6.08. The highest BCUT2D eigenvalue weighted by Gasteiger charge is 2.26. The summed E-state index contributed by atoms with van der Waals surface area (Å²) in [6.07, 6.45) is 2.57. The molecule has 1 fully saturated rings. The van der Waals surface area contributed by atoms with Gasteiger partial charge in [-0.3, -0.25) is 0 Å². The molecule has 1 nitrogen and oxygen atoms in total. The first-order chi connectivity index (χ1) is 4.93. The van der Waals surface area contributed by atoms with Gasteiger partial charge in [0.25, 0.3) is 0 Å². The van der Waals surface area contributed by atoms with Crippen molar-refractivity contribution >= 4 is 0 Å². The van der Waals surface area contributed by atoms with Crippen molar-refractivity contribution in [1.82, 2.24) is 0 Å². The number of rotatable bonds is 1. The number of allylic oxidation sites excluding steroid dienone is 1. The number of hydrogen-bond donors (Lipinski definition) is 1. The second-order valence-electron chi connectivity index (χ2n) is 4.63. The third-order valence-corrected chi connectivity index (χ3v) is 2.46. The zero-order chi connectivity index (χ0) is 8.65. The van der Waals surface area contributed by atoms with E-state index in [1.165, 1.54) is 18.4 Å². The maximum atomic E-state index is 6.08. The van der Waals surface area contributed by atoms with Crippen molar-refractivity contribution in [3.63, 3.8) is 0 Å². The Kier molecular flexibility index (Phi) is 2.10. The van der Waals surface area contributed by atoms with Crippen LogP contribution >= 0.6 is 0 Å². The Bertz CT molecular complexity index is 178. The van der Waals surface area contributed by atoms with E-state index < -0.39 is 0 Å². The van der Waals surface area contributed by atoms with Crippen molar-refractivity contribution in [2.45, 2.75) is 46.6 Å². The SMILES string of the molecule is CC(=C1CC1)C(N)C(C)(C)C. The molecular weight excluding hydrogens is 134 g/mol. The number of nitrogens with two attached hydrogens (primary N) is 1. The average molecular weight is 153 g/mol. The molecule has 0 spiro atoms. The molecule has 1 aliphatic carbocycles. The van der Waals surface area contributed by atoms with Crippen LogP contribution < -0.4 is 5.73 Å². The van der Waals surface area contributed by atoms with Gasteiger partial charge >= 0.3 is 0 Å². The average Bonchev–Trinajstić information content (AvgIpc) is 2.63. The molecule has 11 heavy (non-hydrogen) atoms. The summed E-state index contributed by atoms with van der Waals surface area (Å²) >= 11 is 0. The van der Waals surface area contributed by atoms with Crippen molar-refractivity contribution < 1.29 is 0 Å². The van der Waals surface area contributed by atoms with Crippen LogP contribution in [0.15, 0.2) is 11.1 Å². The normalized spacial score (nSPS) is 19.9. The lowest BCUT2D eigenvalue weighted by atomic mass is 9.83. The van der Waals surface area contributed by atoms with E-state index in [9.17, 15) is 0 Å². The van der Waals surface area contributed by atoms with Gasteiger partial charge in [0.15, 0.2) is 0 Å². The molecule has 64 valence electrons. The summed E-state index contributed by atoms with van der Waals surface area (Å²) in [6, 6.07) is 0.250. The first-order valence-electron chi connectivity index (χ1n) is 4.37. The van der Waals surface area contributed by atoms with Crippen LogP contribution in [0, 0.1) is 5.41 Å². The molecule has 0 aromatic rings. The molecule has 0 aromatic carbocycles. The van der Waals surface area contributed by atoms with Crippen LogP contribution in [0.1, 0.15) is 40.5 Å². The van der Waals surface area contributed by atoms with Gasteiger partial charge in [-0.05, 0) is 25.2 Å². The highest BCUT2D eigenvalue weighted by molar-refractivity contribution is 5.28. The molecule has 1 heteroatoms. The lowest BCUT2D eigenvalue weighted by Gasteiger charge is -2.27. The molecule has 1 rings (SSSR count). The van der Waals surface area contributed by atoms with Crippen molar-refractivity contribution in [3.05, 3.63) is 11.1 Å². The van der Waals surface area contributed by atoms with Gasteiger partial charge in [-0.1, -0.05) is 31.9 Å². The molecule has 0 heterocycles. The van der Waals surface area contributed by atoms with E-state index in [0.29, 0.717) is 0 Å². The van der Waals surface area contributed by atoms with Gasteiger partial charge in [0.2, 0.25) is 0 Å². The van der Waals surface area contributed by atoms with Crippen LogP contribution in [-0.2, 0) is 0 Å². The second-order valence-corrected chi connectivity index (χ2v) is 4.63. The second kappa shape index (κ2) is 2.63. The largest absolute Gasteiger partial charge is 0.324 e. The molecule has 1 aliphatic rings. The first kappa shape index (κ1) is 8.79. The predicted molar refractivity (Wildman–Crippen MR) is 49.4 cm³/mol. The molecular formula is C10H19N. The van der Waals surface area contributed by atoms with Gasteiger partial charge in [0, 0.05) is 6.04 Å². The monoisotopic (exact) mass is 153 g/mol. The maximum Gasteiger partial charge on any atom is 0.0302 e. The zero-order valence-electron chi connectivity index (χ0n) is 8.07. The Morgan fingerprint density at radius 2 is 1.82 bits per heavy atom. The Labute approximate surface area is 69.7 Å². The molecule has 0 saturated heterocycles. The van der Waals surface area contributed by atoms with E-state index >= 15 is 0 Å². The van der Waals surface area contributed by atoms with E-state index in [1.807, 2.05) is 0 Å². The molecule has 1 saturated carbocycles. The number of hydrogen-bond acceptors (Lipinski definition) is 1. The van der Waals surface area contributed by atoms with Gasteiger partial charge in [0.1, 0.15) is 0 Å². The van der Waals surface area contributed by atoms with Crippen molar-refractivity contribution in [1.29, 1.82) is 0 Å². The molecule has 0 bridgehead atoms. The Morgan fingerprint density at radius 1 is 1.36 bits per heavy atom. The molecule has 0 radical (unpaired) electrons. The summed E-state index contributed by atoms with van der Waals surface area (Å²) in [4.78, 5) is 0. The lowest BCUT2D eigenvalue weighted by molar-refractivity contribution is 0.353. The van der Waals surface area contributed by atoms with Crippen LogP contribution in [-0.4, -0.2) is 6.04 Å². The van der Waals surface area contributed by atoms with Crippen LogP contribution in [0.25, 0.3) is 0 Å². The van der Waals surface area contributed by atoms with Crippen molar-refractivity contribution in [3.8, 4) is 0 Å². The highest BCUT2D eigenvalue weighted by atomic mass is 14.7. The summed E-state index contributed by atoms with van der Waals surface area (Å²) in [7, 11) is 0. The molecule has 0 aliphatic heterocycles. The first-order valence-corrected chi connectivity index (χ1v) is 4.37. The van der Waals surface area contributed by atoms with E-state index in [0.717, 1.165) is 0 Å². The molecule has 1 atom stereocenters. The Hall–Kier alpha value is -0.300. The summed E-state index contributed by atoms with van der Waals surface area (Å²) in [5.74, 6) is 0. The van der Waals surface area contributed by atoms with Crippen LogP contribution in [0.4, 0.5) is 0 Å². The molecule has 1 unspecified atom stereocenters. The van der Waals surface area contributed by atoms with Gasteiger partial charge in [-0.2, -0.15) is 0 Å². The predicted octanol–water partition coefficient (Wildman–Crippen LogP) is 2.47. The summed E-state index contributed by atoms with van der Waals surface area (Å²) < 4.78 is 0. The quantitative estimate of drug-likeness (QED) is 0.575. The smallest absolute Gasteiger partial charge is 0.0302 e. The van der Waals surface area contributed by atoms with Gasteiger partial charge in [0.05, 0.1) is 0 Å². The van der Waals surface area contributed by atoms with E-state index in [2.05, 4.69) is 27.7 Å². The summed E-state index contributed by atoms with van der Waals surface area (Å²) in [5.41, 5.74) is 9.32. The fraction of sp³-hybridized carbons (Fsp3) is 0.800. The third kappa shape index (κ3) is 2.06. The standard InChI is InChI=1S/C10H19N/c1-7(8-5-6-8)9(11)10(2,3)4/h9H,5-6,11H2,1-4H3. The fourth-order valence-electron chi connectivity index (χ4n) is 1.33. The minimum Gasteiger partial charge on any atom is -0.324 e. The molecule has 2 N–H and O–H groups in total. The van der Waals surface area contributed by atoms with E-state index in [4.69, 9.17) is 5.73 Å². The van der Waals surface area contributed by atoms with Gasteiger partial charge in [-0.15, -0.1) is 0 Å².